The molecule has 1 aliphatic rings. The number of halogens is 1. The van der Waals surface area contributed by atoms with E-state index < -0.39 is 30.4 Å². The first-order chi connectivity index (χ1) is 8.41. The Bertz CT molecular complexity index is 385. The van der Waals surface area contributed by atoms with E-state index in [9.17, 15) is 14.4 Å². The Balaban J connectivity index is 2.69. The first-order valence-corrected chi connectivity index (χ1v) is 5.67. The van der Waals surface area contributed by atoms with Gasteiger partial charge in [0.15, 0.2) is 0 Å². The predicted molar refractivity (Wildman–Crippen MR) is 64.1 cm³/mol. The maximum atomic E-state index is 11.8. The van der Waals surface area contributed by atoms with Crippen molar-refractivity contribution in [1.29, 1.82) is 0 Å². The highest BCUT2D eigenvalue weighted by molar-refractivity contribution is 6.29. The largest absolute Gasteiger partial charge is 0.481 e. The fourth-order valence-electron chi connectivity index (χ4n) is 1.60. The quantitative estimate of drug-likeness (QED) is 0.657. The van der Waals surface area contributed by atoms with Crippen LogP contribution in [0.15, 0.2) is 11.6 Å². The Kier molecular flexibility index (Phi) is 4.96. The topological polar surface area (TPSA) is 98.7 Å². The van der Waals surface area contributed by atoms with Gasteiger partial charge in [-0.2, -0.15) is 0 Å². The zero-order valence-electron chi connectivity index (χ0n) is 9.61. The highest BCUT2D eigenvalue weighted by atomic mass is 35.5. The fraction of sp³-hybridized carbons (Fsp3) is 0.500. The van der Waals surface area contributed by atoms with Gasteiger partial charge in [0.25, 0.3) is 0 Å². The van der Waals surface area contributed by atoms with Crippen LogP contribution >= 0.6 is 11.6 Å². The summed E-state index contributed by atoms with van der Waals surface area (Å²) in [6.45, 7) is 4.03. The number of carbonyl (C=O) groups is 3. The second kappa shape index (κ2) is 6.25. The van der Waals surface area contributed by atoms with Gasteiger partial charge in [0.2, 0.25) is 5.91 Å². The molecule has 0 bridgehead atoms. The summed E-state index contributed by atoms with van der Waals surface area (Å²) in [6, 6.07) is -1.53. The molecule has 0 radical (unpaired) electrons. The molecule has 0 aliphatic carbocycles. The lowest BCUT2D eigenvalue weighted by molar-refractivity contribution is -0.142. The molecule has 1 rings (SSSR count). The highest BCUT2D eigenvalue weighted by Crippen LogP contribution is 2.09. The minimum atomic E-state index is -1.14. The molecule has 8 heteroatoms. The van der Waals surface area contributed by atoms with Crippen molar-refractivity contribution in [3.05, 3.63) is 11.6 Å². The van der Waals surface area contributed by atoms with Gasteiger partial charge in [-0.3, -0.25) is 9.59 Å². The standard InChI is InChI=1S/C10H14ClN3O4/c1-6(11)5-13-10(18)14-3-2-12-9(17)7(14)4-8(15)16/h7H,1-5H2,(H,12,17)(H,13,18)(H,15,16). The van der Waals surface area contributed by atoms with E-state index in [4.69, 9.17) is 16.7 Å². The Labute approximate surface area is 109 Å². The van der Waals surface area contributed by atoms with Gasteiger partial charge in [-0.05, 0) is 0 Å². The number of amides is 3. The van der Waals surface area contributed by atoms with Crippen LogP contribution in [0.25, 0.3) is 0 Å². The number of hydrogen-bond acceptors (Lipinski definition) is 3. The zero-order chi connectivity index (χ0) is 13.7. The predicted octanol–water partition coefficient (Wildman–Crippen LogP) is -0.276. The molecule has 1 fully saturated rings. The maximum Gasteiger partial charge on any atom is 0.318 e. The molecule has 0 saturated carbocycles. The van der Waals surface area contributed by atoms with E-state index in [1.165, 1.54) is 4.90 Å². The first-order valence-electron chi connectivity index (χ1n) is 5.29. The van der Waals surface area contributed by atoms with Crippen LogP contribution in [0.5, 0.6) is 0 Å². The molecule has 7 nitrogen and oxygen atoms in total. The number of nitrogens with zero attached hydrogens (tertiary/aromatic N) is 1. The molecule has 0 aromatic rings. The number of urea groups is 1. The van der Waals surface area contributed by atoms with E-state index in [1.807, 2.05) is 0 Å². The van der Waals surface area contributed by atoms with Crippen molar-refractivity contribution in [3.8, 4) is 0 Å². The Morgan fingerprint density at radius 1 is 1.61 bits per heavy atom. The van der Waals surface area contributed by atoms with Crippen molar-refractivity contribution in [2.45, 2.75) is 12.5 Å². The zero-order valence-corrected chi connectivity index (χ0v) is 10.4. The summed E-state index contributed by atoms with van der Waals surface area (Å²) >= 11 is 5.51. The van der Waals surface area contributed by atoms with Gasteiger partial charge in [0, 0.05) is 18.1 Å². The lowest BCUT2D eigenvalue weighted by Gasteiger charge is -2.34. The Morgan fingerprint density at radius 2 is 2.28 bits per heavy atom. The average Bonchev–Trinajstić information content (AvgIpc) is 2.28. The molecule has 1 atom stereocenters. The van der Waals surface area contributed by atoms with E-state index in [0.29, 0.717) is 6.54 Å². The van der Waals surface area contributed by atoms with Crippen LogP contribution in [0.1, 0.15) is 6.42 Å². The number of aliphatic carboxylic acids is 1. The van der Waals surface area contributed by atoms with Crippen LogP contribution in [0, 0.1) is 0 Å². The molecule has 3 amide bonds. The molecule has 100 valence electrons. The smallest absolute Gasteiger partial charge is 0.318 e. The van der Waals surface area contributed by atoms with Gasteiger partial charge in [0.05, 0.1) is 13.0 Å². The summed E-state index contributed by atoms with van der Waals surface area (Å²) in [4.78, 5) is 35.2. The minimum absolute atomic E-state index is 0.0678. The normalized spacial score (nSPS) is 19.1. The average molecular weight is 276 g/mol. The monoisotopic (exact) mass is 275 g/mol. The Hall–Kier alpha value is -1.76. The minimum Gasteiger partial charge on any atom is -0.481 e. The van der Waals surface area contributed by atoms with Crippen LogP contribution in [0.2, 0.25) is 0 Å². The van der Waals surface area contributed by atoms with Crippen molar-refractivity contribution in [2.24, 2.45) is 0 Å². The third-order valence-corrected chi connectivity index (χ3v) is 2.52. The van der Waals surface area contributed by atoms with Gasteiger partial charge < -0.3 is 20.6 Å². The molecular formula is C10H14ClN3O4. The van der Waals surface area contributed by atoms with Gasteiger partial charge in [-0.25, -0.2) is 4.79 Å². The summed E-state index contributed by atoms with van der Waals surface area (Å²) in [6.07, 6.45) is -0.429. The number of nitrogens with one attached hydrogen (secondary N) is 2. The van der Waals surface area contributed by atoms with Crippen molar-refractivity contribution >= 4 is 29.5 Å². The van der Waals surface area contributed by atoms with Gasteiger partial charge in [-0.15, -0.1) is 0 Å². The second-order valence-electron chi connectivity index (χ2n) is 3.77. The highest BCUT2D eigenvalue weighted by Gasteiger charge is 2.34. The van der Waals surface area contributed by atoms with Crippen LogP contribution in [-0.4, -0.2) is 53.6 Å². The number of piperazine rings is 1. The summed E-state index contributed by atoms with van der Waals surface area (Å²) in [7, 11) is 0. The van der Waals surface area contributed by atoms with E-state index in [2.05, 4.69) is 17.2 Å². The first kappa shape index (κ1) is 14.3. The molecule has 1 unspecified atom stereocenters. The molecule has 3 N–H and O–H groups in total. The SMILES string of the molecule is C=C(Cl)CNC(=O)N1CCNC(=O)C1CC(=O)O. The molecule has 0 aromatic heterocycles. The molecule has 18 heavy (non-hydrogen) atoms. The summed E-state index contributed by atoms with van der Waals surface area (Å²) in [5, 5.41) is 14.0. The van der Waals surface area contributed by atoms with E-state index in [1.54, 1.807) is 0 Å². The van der Waals surface area contributed by atoms with Crippen LogP contribution in [0.4, 0.5) is 4.79 Å². The van der Waals surface area contributed by atoms with Crippen LogP contribution in [0.3, 0.4) is 0 Å². The van der Waals surface area contributed by atoms with E-state index >= 15 is 0 Å². The van der Waals surface area contributed by atoms with Crippen molar-refractivity contribution in [3.63, 3.8) is 0 Å². The Morgan fingerprint density at radius 3 is 2.83 bits per heavy atom. The maximum absolute atomic E-state index is 11.8. The van der Waals surface area contributed by atoms with Crippen molar-refractivity contribution in [2.75, 3.05) is 19.6 Å². The van der Waals surface area contributed by atoms with E-state index in [-0.39, 0.29) is 18.1 Å². The van der Waals surface area contributed by atoms with Gasteiger partial charge >= 0.3 is 12.0 Å². The van der Waals surface area contributed by atoms with Gasteiger partial charge in [-0.1, -0.05) is 18.2 Å². The number of carboxylic acid groups (broad SMARTS) is 1. The molecule has 0 aromatic carbocycles. The van der Waals surface area contributed by atoms with Crippen LogP contribution in [-0.2, 0) is 9.59 Å². The van der Waals surface area contributed by atoms with Crippen molar-refractivity contribution in [1.82, 2.24) is 15.5 Å². The third-order valence-electron chi connectivity index (χ3n) is 2.39. The molecule has 1 saturated heterocycles. The van der Waals surface area contributed by atoms with E-state index in [0.717, 1.165) is 0 Å². The third kappa shape index (κ3) is 3.92. The summed E-state index contributed by atoms with van der Waals surface area (Å²) in [5.74, 6) is -1.61. The molecule has 1 heterocycles. The van der Waals surface area contributed by atoms with Gasteiger partial charge in [0.1, 0.15) is 6.04 Å². The molecule has 1 aliphatic heterocycles. The number of carboxylic acids is 1. The molecular weight excluding hydrogens is 262 g/mol. The number of rotatable bonds is 4. The summed E-state index contributed by atoms with van der Waals surface area (Å²) < 4.78 is 0. The second-order valence-corrected chi connectivity index (χ2v) is 4.31. The fourth-order valence-corrected chi connectivity index (χ4v) is 1.67. The molecule has 0 spiro atoms. The lowest BCUT2D eigenvalue weighted by atomic mass is 10.1. The number of carbonyl (C=O) groups excluding carboxylic acids is 2. The number of hydrogen-bond donors (Lipinski definition) is 3. The van der Waals surface area contributed by atoms with Crippen LogP contribution < -0.4 is 10.6 Å². The lowest BCUT2D eigenvalue weighted by Crippen LogP contribution is -2.60. The summed E-state index contributed by atoms with van der Waals surface area (Å²) in [5.41, 5.74) is 0. The van der Waals surface area contributed by atoms with Crippen molar-refractivity contribution < 1.29 is 19.5 Å².